The fraction of sp³-hybridized carbons (Fsp3) is 0.471. The largest absolute Gasteiger partial charge is 0.339 e. The van der Waals surface area contributed by atoms with E-state index in [-0.39, 0.29) is 30.2 Å². The van der Waals surface area contributed by atoms with Crippen molar-refractivity contribution in [2.45, 2.75) is 30.8 Å². The first-order valence-corrected chi connectivity index (χ1v) is 8.29. The Morgan fingerprint density at radius 1 is 1.04 bits per heavy atom. The molecule has 3 aliphatic rings. The second-order valence-corrected chi connectivity index (χ2v) is 6.63. The van der Waals surface area contributed by atoms with E-state index < -0.39 is 5.54 Å². The van der Waals surface area contributed by atoms with Crippen molar-refractivity contribution in [2.75, 3.05) is 24.7 Å². The van der Waals surface area contributed by atoms with E-state index in [1.165, 1.54) is 0 Å². The van der Waals surface area contributed by atoms with Gasteiger partial charge in [0.25, 0.3) is 0 Å². The second kappa shape index (κ2) is 5.59. The first kappa shape index (κ1) is 15.1. The molecule has 0 aliphatic carbocycles. The molecule has 3 amide bonds. The third-order valence-electron chi connectivity index (χ3n) is 5.41. The highest BCUT2D eigenvalue weighted by molar-refractivity contribution is 6.05. The van der Waals surface area contributed by atoms with Crippen molar-refractivity contribution in [3.63, 3.8) is 0 Å². The Bertz CT molecular complexity index is 682. The van der Waals surface area contributed by atoms with E-state index in [0.717, 1.165) is 5.69 Å². The fourth-order valence-corrected chi connectivity index (χ4v) is 4.07. The number of carbonyl (C=O) groups is 3. The Balaban J connectivity index is 1.53. The van der Waals surface area contributed by atoms with Crippen molar-refractivity contribution in [3.05, 3.63) is 30.3 Å². The fourth-order valence-electron chi connectivity index (χ4n) is 4.07. The molecule has 1 aromatic carbocycles. The van der Waals surface area contributed by atoms with Crippen LogP contribution in [0.25, 0.3) is 0 Å². The number of hydrogen-bond donors (Lipinski definition) is 2. The van der Waals surface area contributed by atoms with Crippen molar-refractivity contribution in [3.8, 4) is 0 Å². The lowest BCUT2D eigenvalue weighted by Crippen LogP contribution is -2.58. The average molecular weight is 328 g/mol. The monoisotopic (exact) mass is 328 g/mol. The van der Waals surface area contributed by atoms with Crippen LogP contribution in [0.5, 0.6) is 0 Å². The summed E-state index contributed by atoms with van der Waals surface area (Å²) in [5.74, 6) is -0.375. The van der Waals surface area contributed by atoms with Crippen LogP contribution < -0.4 is 15.5 Å². The van der Waals surface area contributed by atoms with Gasteiger partial charge in [0.1, 0.15) is 5.54 Å². The number of piperidine rings is 1. The third-order valence-corrected chi connectivity index (χ3v) is 5.41. The van der Waals surface area contributed by atoms with Gasteiger partial charge in [-0.3, -0.25) is 24.6 Å². The van der Waals surface area contributed by atoms with Crippen LogP contribution in [-0.4, -0.2) is 54.0 Å². The van der Waals surface area contributed by atoms with E-state index in [9.17, 15) is 14.4 Å². The number of hydrogen-bond acceptors (Lipinski definition) is 5. The molecule has 0 unspecified atom stereocenters. The number of imide groups is 1. The topological polar surface area (TPSA) is 81.8 Å². The summed E-state index contributed by atoms with van der Waals surface area (Å²) in [5.41, 5.74) is 0.467. The summed E-state index contributed by atoms with van der Waals surface area (Å²) >= 11 is 0. The number of benzene rings is 1. The van der Waals surface area contributed by atoms with Crippen LogP contribution in [-0.2, 0) is 14.4 Å². The van der Waals surface area contributed by atoms with Crippen molar-refractivity contribution in [2.24, 2.45) is 0 Å². The maximum absolute atomic E-state index is 12.6. The normalized spacial score (nSPS) is 26.8. The van der Waals surface area contributed by atoms with Crippen LogP contribution in [0.2, 0.25) is 0 Å². The molecule has 3 aliphatic heterocycles. The number of nitrogens with zero attached hydrogens (tertiary/aromatic N) is 2. The van der Waals surface area contributed by atoms with Crippen LogP contribution in [0.3, 0.4) is 0 Å². The van der Waals surface area contributed by atoms with Gasteiger partial charge in [0.05, 0.1) is 19.1 Å². The minimum absolute atomic E-state index is 0.0537. The number of nitrogens with one attached hydrogen (secondary N) is 2. The molecule has 1 atom stereocenters. The quantitative estimate of drug-likeness (QED) is 0.737. The van der Waals surface area contributed by atoms with Crippen LogP contribution in [0.1, 0.15) is 19.3 Å². The Labute approximate surface area is 140 Å². The van der Waals surface area contributed by atoms with Gasteiger partial charge in [0, 0.05) is 18.8 Å². The number of para-hydroxylation sites is 1. The molecule has 0 bridgehead atoms. The highest BCUT2D eigenvalue weighted by Crippen LogP contribution is 2.36. The summed E-state index contributed by atoms with van der Waals surface area (Å²) < 4.78 is 0. The van der Waals surface area contributed by atoms with Crippen LogP contribution in [0.4, 0.5) is 5.69 Å². The van der Waals surface area contributed by atoms with Gasteiger partial charge < -0.3 is 10.2 Å². The van der Waals surface area contributed by atoms with Crippen molar-refractivity contribution >= 4 is 23.4 Å². The molecule has 7 nitrogen and oxygen atoms in total. The molecule has 0 radical (unpaired) electrons. The number of anilines is 1. The van der Waals surface area contributed by atoms with Gasteiger partial charge in [-0.25, -0.2) is 0 Å². The minimum Gasteiger partial charge on any atom is -0.339 e. The average Bonchev–Trinajstić information content (AvgIpc) is 3.09. The van der Waals surface area contributed by atoms with E-state index >= 15 is 0 Å². The molecule has 1 aromatic rings. The Hall–Kier alpha value is -2.41. The highest BCUT2D eigenvalue weighted by atomic mass is 16.2. The molecule has 24 heavy (non-hydrogen) atoms. The van der Waals surface area contributed by atoms with Gasteiger partial charge in [-0.1, -0.05) is 18.2 Å². The molecule has 3 fully saturated rings. The molecular weight excluding hydrogens is 308 g/mol. The summed E-state index contributed by atoms with van der Waals surface area (Å²) in [5, 5.41) is 5.32. The molecule has 2 N–H and O–H groups in total. The van der Waals surface area contributed by atoms with E-state index in [1.807, 2.05) is 35.2 Å². The molecular formula is C17H20N4O3. The smallest absolute Gasteiger partial charge is 0.247 e. The molecule has 1 spiro atoms. The van der Waals surface area contributed by atoms with E-state index in [0.29, 0.717) is 32.6 Å². The van der Waals surface area contributed by atoms with Gasteiger partial charge in [0.2, 0.25) is 17.7 Å². The second-order valence-electron chi connectivity index (χ2n) is 6.63. The van der Waals surface area contributed by atoms with Gasteiger partial charge in [-0.2, -0.15) is 0 Å². The third kappa shape index (κ3) is 2.27. The molecule has 0 saturated carbocycles. The molecule has 3 heterocycles. The first-order valence-electron chi connectivity index (χ1n) is 8.29. The summed E-state index contributed by atoms with van der Waals surface area (Å²) in [7, 11) is 0. The zero-order valence-corrected chi connectivity index (χ0v) is 13.3. The minimum atomic E-state index is -0.559. The predicted molar refractivity (Wildman–Crippen MR) is 87.0 cm³/mol. The zero-order valence-electron chi connectivity index (χ0n) is 13.3. The molecule has 0 aromatic heterocycles. The SMILES string of the molecule is O=C1C[C@H](N2CCC3(CC2)C(=O)NCN3c2ccccc2)C(=O)N1. The number of likely N-dealkylation sites (tertiary alicyclic amines) is 1. The van der Waals surface area contributed by atoms with Gasteiger partial charge in [0.15, 0.2) is 0 Å². The van der Waals surface area contributed by atoms with Crippen LogP contribution >= 0.6 is 0 Å². The lowest BCUT2D eigenvalue weighted by atomic mass is 9.85. The number of carbonyl (C=O) groups excluding carboxylic acids is 3. The predicted octanol–water partition coefficient (Wildman–Crippen LogP) is -0.170. The highest BCUT2D eigenvalue weighted by Gasteiger charge is 2.51. The van der Waals surface area contributed by atoms with Crippen LogP contribution in [0.15, 0.2) is 30.3 Å². The van der Waals surface area contributed by atoms with E-state index in [1.54, 1.807) is 0 Å². The van der Waals surface area contributed by atoms with Crippen LogP contribution in [0, 0.1) is 0 Å². The molecule has 7 heteroatoms. The maximum atomic E-state index is 12.6. The Morgan fingerprint density at radius 3 is 2.38 bits per heavy atom. The van der Waals surface area contributed by atoms with E-state index in [4.69, 9.17) is 0 Å². The van der Waals surface area contributed by atoms with Crippen molar-refractivity contribution in [1.82, 2.24) is 15.5 Å². The van der Waals surface area contributed by atoms with Gasteiger partial charge >= 0.3 is 0 Å². The summed E-state index contributed by atoms with van der Waals surface area (Å²) in [6.45, 7) is 1.76. The maximum Gasteiger partial charge on any atom is 0.247 e. The standard InChI is InChI=1S/C17H20N4O3/c22-14-10-13(15(23)19-14)20-8-6-17(7-9-20)16(24)18-11-21(17)12-4-2-1-3-5-12/h1-5,13H,6-11H2,(H,18,24)(H,19,22,23)/t13-/m0/s1. The van der Waals surface area contributed by atoms with Crippen molar-refractivity contribution in [1.29, 1.82) is 0 Å². The first-order chi connectivity index (χ1) is 11.6. The van der Waals surface area contributed by atoms with Gasteiger partial charge in [-0.05, 0) is 25.0 Å². The lowest BCUT2D eigenvalue weighted by Gasteiger charge is -2.44. The molecule has 4 rings (SSSR count). The molecule has 126 valence electrons. The molecule has 3 saturated heterocycles. The van der Waals surface area contributed by atoms with Crippen molar-refractivity contribution < 1.29 is 14.4 Å². The zero-order chi connectivity index (χ0) is 16.7. The lowest BCUT2D eigenvalue weighted by molar-refractivity contribution is -0.127. The van der Waals surface area contributed by atoms with Gasteiger partial charge in [-0.15, -0.1) is 0 Å². The number of amides is 3. The Morgan fingerprint density at radius 2 is 1.75 bits per heavy atom. The summed E-state index contributed by atoms with van der Waals surface area (Å²) in [6, 6.07) is 9.53. The van der Waals surface area contributed by atoms with E-state index in [2.05, 4.69) is 15.5 Å². The summed E-state index contributed by atoms with van der Waals surface area (Å²) in [6.07, 6.45) is 1.51. The number of rotatable bonds is 2. The Kier molecular flexibility index (Phi) is 3.53. The summed E-state index contributed by atoms with van der Waals surface area (Å²) in [4.78, 5) is 40.0.